The fourth-order valence-corrected chi connectivity index (χ4v) is 3.00. The van der Waals surface area contributed by atoms with Crippen molar-refractivity contribution >= 4 is 34.5 Å². The van der Waals surface area contributed by atoms with Gasteiger partial charge in [-0.05, 0) is 47.2 Å². The quantitative estimate of drug-likeness (QED) is 0.190. The van der Waals surface area contributed by atoms with E-state index in [1.807, 2.05) is 22.6 Å². The monoisotopic (exact) mass is 446 g/mol. The molecule has 1 rings (SSSR count). The summed E-state index contributed by atoms with van der Waals surface area (Å²) in [7, 11) is 0. The van der Waals surface area contributed by atoms with Crippen LogP contribution in [0.1, 0.15) is 81.5 Å². The van der Waals surface area contributed by atoms with E-state index in [4.69, 9.17) is 9.84 Å². The number of carbonyl (C=O) groups excluding carboxylic acids is 1. The van der Waals surface area contributed by atoms with Gasteiger partial charge in [0.1, 0.15) is 11.3 Å². The van der Waals surface area contributed by atoms with Crippen molar-refractivity contribution in [3.05, 3.63) is 27.3 Å². The molecule has 0 aliphatic carbocycles. The van der Waals surface area contributed by atoms with E-state index in [9.17, 15) is 9.59 Å². The summed E-state index contributed by atoms with van der Waals surface area (Å²) in [6, 6.07) is 4.78. The van der Waals surface area contributed by atoms with Crippen molar-refractivity contribution < 1.29 is 19.4 Å². The summed E-state index contributed by atoms with van der Waals surface area (Å²) < 4.78 is 6.01. The number of carbonyl (C=O) groups is 2. The lowest BCUT2D eigenvalue weighted by molar-refractivity contribution is -0.134. The van der Waals surface area contributed by atoms with Crippen LogP contribution in [0, 0.1) is 3.57 Å². The molecule has 0 aliphatic heterocycles. The van der Waals surface area contributed by atoms with Gasteiger partial charge in [0, 0.05) is 9.99 Å². The zero-order valence-electron chi connectivity index (χ0n) is 14.4. The van der Waals surface area contributed by atoms with Crippen molar-refractivity contribution in [2.45, 2.75) is 71.1 Å². The van der Waals surface area contributed by atoms with Crippen molar-refractivity contribution in [1.82, 2.24) is 0 Å². The second-order valence-corrected chi connectivity index (χ2v) is 7.24. The lowest BCUT2D eigenvalue weighted by Gasteiger charge is -2.08. The van der Waals surface area contributed by atoms with E-state index in [1.54, 1.807) is 12.1 Å². The van der Waals surface area contributed by atoms with Crippen molar-refractivity contribution in [3.63, 3.8) is 0 Å². The molecule has 0 aromatic heterocycles. The van der Waals surface area contributed by atoms with Crippen LogP contribution in [0.25, 0.3) is 0 Å². The summed E-state index contributed by atoms with van der Waals surface area (Å²) in [5.41, 5.74) is 0.0299. The molecule has 1 aromatic carbocycles. The molecule has 24 heavy (non-hydrogen) atoms. The first-order valence-corrected chi connectivity index (χ1v) is 9.86. The van der Waals surface area contributed by atoms with Gasteiger partial charge < -0.3 is 9.84 Å². The molecule has 0 heterocycles. The number of hydrogen-bond donors (Lipinski definition) is 1. The number of rotatable bonds is 12. The van der Waals surface area contributed by atoms with E-state index in [-0.39, 0.29) is 17.3 Å². The number of ether oxygens (including phenoxy) is 1. The molecule has 0 atom stereocenters. The van der Waals surface area contributed by atoms with E-state index in [0.717, 1.165) is 22.8 Å². The highest BCUT2D eigenvalue weighted by molar-refractivity contribution is 14.1. The zero-order valence-corrected chi connectivity index (χ0v) is 16.5. The molecule has 0 fully saturated rings. The number of carboxylic acid groups (broad SMARTS) is 1. The van der Waals surface area contributed by atoms with Crippen LogP contribution in [0.2, 0.25) is 0 Å². The Morgan fingerprint density at radius 3 is 2.17 bits per heavy atom. The Kier molecular flexibility index (Phi) is 10.7. The molecule has 134 valence electrons. The van der Waals surface area contributed by atoms with Gasteiger partial charge >= 0.3 is 11.9 Å². The maximum atomic E-state index is 11.9. The maximum Gasteiger partial charge on any atom is 0.339 e. The normalized spacial score (nSPS) is 10.6. The Labute approximate surface area is 158 Å². The first kappa shape index (κ1) is 20.9. The Morgan fingerprint density at radius 1 is 1.00 bits per heavy atom. The minimum absolute atomic E-state index is 0.0299. The van der Waals surface area contributed by atoms with Gasteiger partial charge in [-0.3, -0.25) is 4.79 Å². The maximum absolute atomic E-state index is 11.9. The van der Waals surface area contributed by atoms with Gasteiger partial charge in [0.25, 0.3) is 0 Å². The highest BCUT2D eigenvalue weighted by Crippen LogP contribution is 2.22. The number of halogens is 1. The second kappa shape index (κ2) is 12.3. The number of hydrogen-bond acceptors (Lipinski definition) is 3. The topological polar surface area (TPSA) is 63.6 Å². The van der Waals surface area contributed by atoms with Crippen LogP contribution >= 0.6 is 22.6 Å². The Bertz CT molecular complexity index is 528. The predicted octanol–water partition coefficient (Wildman–Crippen LogP) is 5.82. The SMILES string of the molecule is CCCCCCCCCCCC(=O)Oc1ccc(I)cc1C(=O)O. The molecule has 0 saturated carbocycles. The average molecular weight is 446 g/mol. The first-order valence-electron chi connectivity index (χ1n) is 8.78. The summed E-state index contributed by atoms with van der Waals surface area (Å²) in [6.45, 7) is 2.22. The number of benzene rings is 1. The highest BCUT2D eigenvalue weighted by Gasteiger charge is 2.14. The van der Waals surface area contributed by atoms with E-state index in [0.29, 0.717) is 6.42 Å². The lowest BCUT2D eigenvalue weighted by atomic mass is 10.1. The van der Waals surface area contributed by atoms with Crippen LogP contribution in [0.4, 0.5) is 0 Å². The predicted molar refractivity (Wildman–Crippen MR) is 104 cm³/mol. The lowest BCUT2D eigenvalue weighted by Crippen LogP contribution is -2.11. The van der Waals surface area contributed by atoms with E-state index in [1.165, 1.54) is 44.6 Å². The molecular weight excluding hydrogens is 419 g/mol. The van der Waals surface area contributed by atoms with Crippen LogP contribution in [0.15, 0.2) is 18.2 Å². The van der Waals surface area contributed by atoms with E-state index >= 15 is 0 Å². The van der Waals surface area contributed by atoms with Gasteiger partial charge in [-0.2, -0.15) is 0 Å². The minimum Gasteiger partial charge on any atom is -0.478 e. The number of unbranched alkanes of at least 4 members (excludes halogenated alkanes) is 8. The Balaban J connectivity index is 2.22. The van der Waals surface area contributed by atoms with Crippen molar-refractivity contribution in [2.75, 3.05) is 0 Å². The fourth-order valence-electron chi connectivity index (χ4n) is 2.51. The largest absolute Gasteiger partial charge is 0.478 e. The summed E-state index contributed by atoms with van der Waals surface area (Å²) in [5, 5.41) is 9.16. The van der Waals surface area contributed by atoms with Crippen LogP contribution in [-0.2, 0) is 4.79 Å². The molecule has 0 bridgehead atoms. The summed E-state index contributed by atoms with van der Waals surface area (Å²) in [5.74, 6) is -1.31. The standard InChI is InChI=1S/C19H27IO4/c1-2-3-4-5-6-7-8-9-10-11-18(21)24-17-13-12-15(20)14-16(17)19(22)23/h12-14H,2-11H2,1H3,(H,22,23). The van der Waals surface area contributed by atoms with Crippen molar-refractivity contribution in [2.24, 2.45) is 0 Å². The molecule has 0 aliphatic rings. The molecule has 0 unspecified atom stereocenters. The summed E-state index contributed by atoms with van der Waals surface area (Å²) >= 11 is 2.03. The van der Waals surface area contributed by atoms with Crippen molar-refractivity contribution in [3.8, 4) is 5.75 Å². The third kappa shape index (κ3) is 8.66. The zero-order chi connectivity index (χ0) is 17.8. The minimum atomic E-state index is -1.08. The molecule has 0 amide bonds. The molecule has 5 heteroatoms. The van der Waals surface area contributed by atoms with Gasteiger partial charge in [-0.1, -0.05) is 58.3 Å². The first-order chi connectivity index (χ1) is 11.5. The van der Waals surface area contributed by atoms with Gasteiger partial charge in [0.2, 0.25) is 0 Å². The number of esters is 1. The van der Waals surface area contributed by atoms with Crippen LogP contribution < -0.4 is 4.74 Å². The molecule has 1 aromatic rings. The van der Waals surface area contributed by atoms with Gasteiger partial charge in [0.05, 0.1) is 0 Å². The van der Waals surface area contributed by atoms with Crippen LogP contribution in [0.3, 0.4) is 0 Å². The molecular formula is C19H27IO4. The summed E-state index contributed by atoms with van der Waals surface area (Å²) in [6.07, 6.45) is 11.0. The molecule has 0 saturated heterocycles. The molecule has 0 spiro atoms. The van der Waals surface area contributed by atoms with E-state index in [2.05, 4.69) is 6.92 Å². The Hall–Kier alpha value is -1.11. The summed E-state index contributed by atoms with van der Waals surface area (Å²) in [4.78, 5) is 23.0. The van der Waals surface area contributed by atoms with Gasteiger partial charge in [-0.15, -0.1) is 0 Å². The smallest absolute Gasteiger partial charge is 0.339 e. The van der Waals surface area contributed by atoms with Crippen LogP contribution in [0.5, 0.6) is 5.75 Å². The average Bonchev–Trinajstić information content (AvgIpc) is 2.54. The molecule has 4 nitrogen and oxygen atoms in total. The fraction of sp³-hybridized carbons (Fsp3) is 0.579. The third-order valence-electron chi connectivity index (χ3n) is 3.88. The second-order valence-electron chi connectivity index (χ2n) is 6.00. The number of aromatic carboxylic acids is 1. The molecule has 0 radical (unpaired) electrons. The van der Waals surface area contributed by atoms with E-state index < -0.39 is 5.97 Å². The van der Waals surface area contributed by atoms with Gasteiger partial charge in [0.15, 0.2) is 0 Å². The Morgan fingerprint density at radius 2 is 1.58 bits per heavy atom. The van der Waals surface area contributed by atoms with Gasteiger partial charge in [-0.25, -0.2) is 4.79 Å². The van der Waals surface area contributed by atoms with Crippen molar-refractivity contribution in [1.29, 1.82) is 0 Å². The van der Waals surface area contributed by atoms with Crippen LogP contribution in [-0.4, -0.2) is 17.0 Å². The number of carboxylic acids is 1. The highest BCUT2D eigenvalue weighted by atomic mass is 127. The third-order valence-corrected chi connectivity index (χ3v) is 4.55. The molecule has 1 N–H and O–H groups in total.